The summed E-state index contributed by atoms with van der Waals surface area (Å²) < 4.78 is 16.9. The van der Waals surface area contributed by atoms with Crippen molar-refractivity contribution in [3.8, 4) is 11.5 Å². The van der Waals surface area contributed by atoms with Crippen molar-refractivity contribution in [1.29, 1.82) is 0 Å². The van der Waals surface area contributed by atoms with Gasteiger partial charge in [-0.1, -0.05) is 30.7 Å². The Kier molecular flexibility index (Phi) is 7.56. The van der Waals surface area contributed by atoms with E-state index in [2.05, 4.69) is 0 Å². The van der Waals surface area contributed by atoms with Gasteiger partial charge in [0, 0.05) is 29.6 Å². The van der Waals surface area contributed by atoms with Gasteiger partial charge in [-0.3, -0.25) is 9.59 Å². The zero-order chi connectivity index (χ0) is 26.0. The number of aliphatic hydroxyl groups is 1. The highest BCUT2D eigenvalue weighted by atomic mass is 35.5. The van der Waals surface area contributed by atoms with E-state index in [-0.39, 0.29) is 11.3 Å². The summed E-state index contributed by atoms with van der Waals surface area (Å²) in [6.07, 6.45) is 0.875. The minimum absolute atomic E-state index is 0.0257. The van der Waals surface area contributed by atoms with Gasteiger partial charge in [0.2, 0.25) is 5.78 Å². The molecule has 0 radical (unpaired) electrons. The maximum atomic E-state index is 13.7. The van der Waals surface area contributed by atoms with Crippen LogP contribution in [0.3, 0.4) is 0 Å². The molecule has 1 N–H and O–H groups in total. The zero-order valence-corrected chi connectivity index (χ0v) is 21.5. The predicted molar refractivity (Wildman–Crippen MR) is 137 cm³/mol. The zero-order valence-electron chi connectivity index (χ0n) is 20.7. The van der Waals surface area contributed by atoms with E-state index >= 15 is 0 Å². The molecule has 0 bridgehead atoms. The summed E-state index contributed by atoms with van der Waals surface area (Å²) >= 11 is 6.17. The number of aliphatic hydroxyl groups excluding tert-OH is 1. The van der Waals surface area contributed by atoms with Crippen LogP contribution in [-0.2, 0) is 4.79 Å². The van der Waals surface area contributed by atoms with Gasteiger partial charge >= 0.3 is 0 Å². The van der Waals surface area contributed by atoms with Gasteiger partial charge in [-0.05, 0) is 50.3 Å². The molecular formula is C27H29ClN2O6. The van der Waals surface area contributed by atoms with Crippen LogP contribution in [-0.4, -0.2) is 67.5 Å². The number of halogens is 1. The Labute approximate surface area is 214 Å². The summed E-state index contributed by atoms with van der Waals surface area (Å²) in [6, 6.07) is 11.2. The van der Waals surface area contributed by atoms with E-state index in [1.807, 2.05) is 25.9 Å². The van der Waals surface area contributed by atoms with Crippen LogP contribution in [0.1, 0.15) is 35.5 Å². The van der Waals surface area contributed by atoms with E-state index < -0.39 is 23.5 Å². The molecule has 0 spiro atoms. The van der Waals surface area contributed by atoms with Crippen LogP contribution >= 0.6 is 11.6 Å². The van der Waals surface area contributed by atoms with E-state index in [9.17, 15) is 14.7 Å². The van der Waals surface area contributed by atoms with Crippen LogP contribution in [0.4, 0.5) is 0 Å². The maximum Gasteiger partial charge on any atom is 0.290 e. The van der Waals surface area contributed by atoms with Crippen LogP contribution in [0.5, 0.6) is 11.5 Å². The Morgan fingerprint density at radius 1 is 1.19 bits per heavy atom. The van der Waals surface area contributed by atoms with Crippen molar-refractivity contribution in [3.63, 3.8) is 0 Å². The smallest absolute Gasteiger partial charge is 0.290 e. The summed E-state index contributed by atoms with van der Waals surface area (Å²) in [4.78, 5) is 30.3. The van der Waals surface area contributed by atoms with Gasteiger partial charge in [0.15, 0.2) is 22.9 Å². The minimum atomic E-state index is -0.788. The highest BCUT2D eigenvalue weighted by Gasteiger charge is 2.44. The number of rotatable bonds is 10. The molecule has 36 heavy (non-hydrogen) atoms. The number of benzene rings is 2. The van der Waals surface area contributed by atoms with Gasteiger partial charge < -0.3 is 28.8 Å². The summed E-state index contributed by atoms with van der Waals surface area (Å²) in [7, 11) is 5.26. The number of ketones is 1. The molecule has 0 fully saturated rings. The number of ether oxygens (including phenoxy) is 2. The molecule has 1 aromatic heterocycles. The first-order chi connectivity index (χ1) is 17.2. The number of carbonyl (C=O) groups excluding carboxylic acids is 2. The Morgan fingerprint density at radius 3 is 2.56 bits per heavy atom. The molecular weight excluding hydrogens is 484 g/mol. The lowest BCUT2D eigenvalue weighted by Crippen LogP contribution is -2.36. The average Bonchev–Trinajstić information content (AvgIpc) is 3.39. The van der Waals surface area contributed by atoms with E-state index in [1.165, 1.54) is 18.1 Å². The van der Waals surface area contributed by atoms with Crippen LogP contribution < -0.4 is 9.47 Å². The summed E-state index contributed by atoms with van der Waals surface area (Å²) in [5.41, 5.74) is 0.994. The third-order valence-corrected chi connectivity index (χ3v) is 6.21. The fraction of sp³-hybridized carbons (Fsp3) is 0.333. The van der Waals surface area contributed by atoms with Crippen LogP contribution in [0.2, 0.25) is 5.02 Å². The standard InChI is InChI=1S/C27H29ClN2O6/c1-5-12-35-19-8-6-16(7-9-19)23-22(25(32)27(33)30(23)11-10-29(2)3)24(31)20-14-17-13-18(28)15-21(34-4)26(17)36-20/h6-9,13-15,23,32H,5,10-12H2,1-4H3. The Morgan fingerprint density at radius 2 is 1.92 bits per heavy atom. The predicted octanol–water partition coefficient (Wildman–Crippen LogP) is 5.02. The second-order valence-corrected chi connectivity index (χ2v) is 9.29. The molecule has 2 heterocycles. The molecule has 1 atom stereocenters. The molecule has 0 saturated heterocycles. The number of fused-ring (bicyclic) bond motifs is 1. The lowest BCUT2D eigenvalue weighted by atomic mass is 9.95. The number of Topliss-reactive ketones (excluding diaryl/α,β-unsaturated/α-hetero) is 1. The fourth-order valence-electron chi connectivity index (χ4n) is 4.22. The number of carbonyl (C=O) groups is 2. The van der Waals surface area contributed by atoms with Gasteiger partial charge in [-0.25, -0.2) is 0 Å². The topological polar surface area (TPSA) is 92.4 Å². The van der Waals surface area contributed by atoms with Crippen molar-refractivity contribution in [1.82, 2.24) is 9.80 Å². The number of methoxy groups -OCH3 is 1. The van der Waals surface area contributed by atoms with E-state index in [0.29, 0.717) is 52.8 Å². The monoisotopic (exact) mass is 512 g/mol. The van der Waals surface area contributed by atoms with Crippen molar-refractivity contribution in [3.05, 3.63) is 70.1 Å². The quantitative estimate of drug-likeness (QED) is 0.381. The molecule has 8 nitrogen and oxygen atoms in total. The molecule has 9 heteroatoms. The molecule has 4 rings (SSSR count). The number of likely N-dealkylation sites (N-methyl/N-ethyl adjacent to an activating group) is 1. The maximum absolute atomic E-state index is 13.7. The van der Waals surface area contributed by atoms with Gasteiger partial charge in [0.05, 0.1) is 25.3 Å². The highest BCUT2D eigenvalue weighted by molar-refractivity contribution is 6.31. The molecule has 190 valence electrons. The largest absolute Gasteiger partial charge is 0.503 e. The number of nitrogens with zero attached hydrogens (tertiary/aromatic N) is 2. The lowest BCUT2D eigenvalue weighted by molar-refractivity contribution is -0.129. The average molecular weight is 513 g/mol. The third-order valence-electron chi connectivity index (χ3n) is 6.00. The van der Waals surface area contributed by atoms with Crippen molar-refractivity contribution in [2.45, 2.75) is 19.4 Å². The van der Waals surface area contributed by atoms with Crippen molar-refractivity contribution in [2.24, 2.45) is 0 Å². The van der Waals surface area contributed by atoms with Crippen LogP contribution in [0.15, 0.2) is 58.2 Å². The summed E-state index contributed by atoms with van der Waals surface area (Å²) in [6.45, 7) is 3.47. The van der Waals surface area contributed by atoms with Gasteiger partial charge in [0.1, 0.15) is 5.75 Å². The van der Waals surface area contributed by atoms with E-state index in [0.717, 1.165) is 6.42 Å². The second-order valence-electron chi connectivity index (χ2n) is 8.85. The van der Waals surface area contributed by atoms with E-state index in [4.69, 9.17) is 25.5 Å². The van der Waals surface area contributed by atoms with Crippen molar-refractivity contribution >= 4 is 34.3 Å². The van der Waals surface area contributed by atoms with Crippen molar-refractivity contribution < 1.29 is 28.6 Å². The molecule has 0 aliphatic carbocycles. The number of hydrogen-bond donors (Lipinski definition) is 1. The molecule has 1 aliphatic rings. The van der Waals surface area contributed by atoms with Gasteiger partial charge in [-0.15, -0.1) is 0 Å². The lowest BCUT2D eigenvalue weighted by Gasteiger charge is -2.28. The number of amides is 1. The summed E-state index contributed by atoms with van der Waals surface area (Å²) in [5, 5.41) is 11.9. The molecule has 1 amide bonds. The molecule has 1 aliphatic heterocycles. The number of furan rings is 1. The Hall–Kier alpha value is -3.49. The first-order valence-electron chi connectivity index (χ1n) is 11.7. The first kappa shape index (κ1) is 25.6. The SMILES string of the molecule is CCCOc1ccc(C2C(C(=O)c3cc4cc(Cl)cc(OC)c4o3)=C(O)C(=O)N2CCN(C)C)cc1. The first-order valence-corrected chi connectivity index (χ1v) is 12.1. The molecule has 0 saturated carbocycles. The Bertz CT molecular complexity index is 1310. The third kappa shape index (κ3) is 4.92. The van der Waals surface area contributed by atoms with Gasteiger partial charge in [0.25, 0.3) is 5.91 Å². The van der Waals surface area contributed by atoms with Crippen LogP contribution in [0, 0.1) is 0 Å². The molecule has 1 unspecified atom stereocenters. The molecule has 2 aromatic carbocycles. The second kappa shape index (κ2) is 10.6. The summed E-state index contributed by atoms with van der Waals surface area (Å²) in [5.74, 6) is -0.730. The molecule has 3 aromatic rings. The Balaban J connectivity index is 1.76. The normalized spacial score (nSPS) is 15.9. The minimum Gasteiger partial charge on any atom is -0.503 e. The van der Waals surface area contributed by atoms with Crippen LogP contribution in [0.25, 0.3) is 11.0 Å². The van der Waals surface area contributed by atoms with Crippen molar-refractivity contribution in [2.75, 3.05) is 40.9 Å². The fourth-order valence-corrected chi connectivity index (χ4v) is 4.44. The number of hydrogen-bond acceptors (Lipinski definition) is 7. The van der Waals surface area contributed by atoms with E-state index in [1.54, 1.807) is 36.4 Å². The highest BCUT2D eigenvalue weighted by Crippen LogP contribution is 2.41. The van der Waals surface area contributed by atoms with Gasteiger partial charge in [-0.2, -0.15) is 0 Å².